The molecule has 1 saturated carbocycles. The molecule has 3 N–H and O–H groups in total. The van der Waals surface area contributed by atoms with E-state index >= 15 is 0 Å². The molecule has 0 radical (unpaired) electrons. The number of carbonyl (C=O) groups is 2. The molecule has 6 heteroatoms. The Morgan fingerprint density at radius 2 is 1.86 bits per heavy atom. The summed E-state index contributed by atoms with van der Waals surface area (Å²) in [5.41, 5.74) is 0. The molecule has 21 heavy (non-hydrogen) atoms. The molecule has 2 amide bonds. The Labute approximate surface area is 125 Å². The van der Waals surface area contributed by atoms with Gasteiger partial charge in [0.05, 0.1) is 6.10 Å². The van der Waals surface area contributed by atoms with E-state index in [4.69, 9.17) is 9.84 Å². The smallest absolute Gasteiger partial charge is 0.332 e. The van der Waals surface area contributed by atoms with Crippen molar-refractivity contribution < 1.29 is 19.4 Å². The summed E-state index contributed by atoms with van der Waals surface area (Å²) in [7, 11) is 0. The number of hydrogen-bond acceptors (Lipinski definition) is 3. The number of rotatable bonds is 5. The van der Waals surface area contributed by atoms with Gasteiger partial charge in [-0.25, -0.2) is 9.59 Å². The molecule has 1 saturated heterocycles. The number of hydrogen-bond donors (Lipinski definition) is 3. The van der Waals surface area contributed by atoms with Crippen LogP contribution in [0.3, 0.4) is 0 Å². The highest BCUT2D eigenvalue weighted by Crippen LogP contribution is 2.26. The number of aliphatic carboxylic acids is 1. The van der Waals surface area contributed by atoms with Gasteiger partial charge in [-0.05, 0) is 44.4 Å². The molecule has 0 aromatic carbocycles. The maximum absolute atomic E-state index is 11.8. The fraction of sp³-hybridized carbons (Fsp3) is 0.867. The minimum atomic E-state index is -0.922. The molecule has 2 fully saturated rings. The quantitative estimate of drug-likeness (QED) is 0.723. The molecular formula is C15H26N2O4. The van der Waals surface area contributed by atoms with Crippen molar-refractivity contribution in [1.82, 2.24) is 10.6 Å². The van der Waals surface area contributed by atoms with Crippen LogP contribution in [0.1, 0.15) is 51.9 Å². The summed E-state index contributed by atoms with van der Waals surface area (Å²) in [4.78, 5) is 22.6. The van der Waals surface area contributed by atoms with E-state index in [1.807, 2.05) is 0 Å². The predicted octanol–water partition coefficient (Wildman–Crippen LogP) is 1.89. The Kier molecular flexibility index (Phi) is 5.85. The van der Waals surface area contributed by atoms with Gasteiger partial charge in [0.15, 0.2) is 6.10 Å². The first-order chi connectivity index (χ1) is 10.1. The molecule has 2 aliphatic rings. The van der Waals surface area contributed by atoms with Crippen LogP contribution in [0.25, 0.3) is 0 Å². The average Bonchev–Trinajstić information content (AvgIpc) is 2.95. The third-order valence-electron chi connectivity index (χ3n) is 4.63. The number of urea groups is 1. The van der Waals surface area contributed by atoms with E-state index in [-0.39, 0.29) is 18.2 Å². The summed E-state index contributed by atoms with van der Waals surface area (Å²) < 4.78 is 5.35. The Balaban J connectivity index is 1.61. The molecule has 1 aliphatic heterocycles. The average molecular weight is 298 g/mol. The van der Waals surface area contributed by atoms with Gasteiger partial charge in [-0.15, -0.1) is 0 Å². The number of carbonyl (C=O) groups excluding carboxylic acids is 1. The van der Waals surface area contributed by atoms with Crippen LogP contribution in [0.2, 0.25) is 0 Å². The lowest BCUT2D eigenvalue weighted by Crippen LogP contribution is -2.45. The molecule has 0 bridgehead atoms. The molecular weight excluding hydrogens is 272 g/mol. The van der Waals surface area contributed by atoms with Crippen LogP contribution < -0.4 is 10.6 Å². The van der Waals surface area contributed by atoms with Crippen LogP contribution in [-0.2, 0) is 9.53 Å². The summed E-state index contributed by atoms with van der Waals surface area (Å²) in [5, 5.41) is 14.6. The van der Waals surface area contributed by atoms with Gasteiger partial charge < -0.3 is 20.5 Å². The van der Waals surface area contributed by atoms with Gasteiger partial charge in [0.1, 0.15) is 0 Å². The zero-order valence-corrected chi connectivity index (χ0v) is 12.6. The number of carboxylic acid groups (broad SMARTS) is 1. The largest absolute Gasteiger partial charge is 0.479 e. The Hall–Kier alpha value is -1.30. The molecule has 0 spiro atoms. The predicted molar refractivity (Wildman–Crippen MR) is 78.1 cm³/mol. The minimum absolute atomic E-state index is 0.169. The first-order valence-electron chi connectivity index (χ1n) is 8.01. The van der Waals surface area contributed by atoms with Gasteiger partial charge >= 0.3 is 12.0 Å². The van der Waals surface area contributed by atoms with E-state index in [1.54, 1.807) is 0 Å². The van der Waals surface area contributed by atoms with Gasteiger partial charge in [0.2, 0.25) is 0 Å². The Morgan fingerprint density at radius 3 is 2.43 bits per heavy atom. The highest BCUT2D eigenvalue weighted by atomic mass is 16.5. The first kappa shape index (κ1) is 16.1. The van der Waals surface area contributed by atoms with Crippen LogP contribution in [0.4, 0.5) is 4.79 Å². The third kappa shape index (κ3) is 4.88. The summed E-state index contributed by atoms with van der Waals surface area (Å²) in [6, 6.07) is 0.0985. The van der Waals surface area contributed by atoms with Crippen molar-refractivity contribution in [3.05, 3.63) is 0 Å². The van der Waals surface area contributed by atoms with Crippen LogP contribution in [0.5, 0.6) is 0 Å². The van der Waals surface area contributed by atoms with Crippen molar-refractivity contribution >= 4 is 12.0 Å². The molecule has 2 unspecified atom stereocenters. The maximum atomic E-state index is 11.8. The zero-order valence-electron chi connectivity index (χ0n) is 12.6. The lowest BCUT2D eigenvalue weighted by atomic mass is 9.85. The van der Waals surface area contributed by atoms with E-state index in [0.717, 1.165) is 18.8 Å². The lowest BCUT2D eigenvalue weighted by Gasteiger charge is -2.28. The second kappa shape index (κ2) is 7.64. The molecule has 0 aromatic heterocycles. The van der Waals surface area contributed by atoms with Crippen molar-refractivity contribution in [3.8, 4) is 0 Å². The topological polar surface area (TPSA) is 87.7 Å². The zero-order chi connectivity index (χ0) is 15.2. The van der Waals surface area contributed by atoms with Crippen LogP contribution >= 0.6 is 0 Å². The SMILES string of the molecule is CCC1CCC(NC(=O)NCC2CCC(C(=O)O)O2)CC1. The Morgan fingerprint density at radius 1 is 1.14 bits per heavy atom. The normalized spacial score (nSPS) is 32.6. The van der Waals surface area contributed by atoms with E-state index in [1.165, 1.54) is 19.3 Å². The van der Waals surface area contributed by atoms with E-state index in [0.29, 0.717) is 19.4 Å². The van der Waals surface area contributed by atoms with Crippen molar-refractivity contribution in [1.29, 1.82) is 0 Å². The Bertz CT molecular complexity index is 367. The van der Waals surface area contributed by atoms with Crippen LogP contribution in [0.15, 0.2) is 0 Å². The van der Waals surface area contributed by atoms with E-state index < -0.39 is 12.1 Å². The minimum Gasteiger partial charge on any atom is -0.479 e. The first-order valence-corrected chi connectivity index (χ1v) is 8.01. The lowest BCUT2D eigenvalue weighted by molar-refractivity contribution is -0.149. The summed E-state index contributed by atoms with van der Waals surface area (Å²) in [6.07, 6.45) is 5.99. The number of amides is 2. The van der Waals surface area contributed by atoms with Crippen molar-refractivity contribution in [2.24, 2.45) is 5.92 Å². The molecule has 0 aromatic rings. The number of carboxylic acids is 1. The fourth-order valence-corrected chi connectivity index (χ4v) is 3.20. The van der Waals surface area contributed by atoms with Crippen LogP contribution in [-0.4, -0.2) is 41.9 Å². The molecule has 1 aliphatic carbocycles. The van der Waals surface area contributed by atoms with Gasteiger partial charge in [0.25, 0.3) is 0 Å². The molecule has 2 atom stereocenters. The standard InChI is InChI=1S/C15H26N2O4/c1-2-10-3-5-11(6-4-10)17-15(20)16-9-12-7-8-13(21-12)14(18)19/h10-13H,2-9H2,1H3,(H,18,19)(H2,16,17,20). The summed E-state index contributed by atoms with van der Waals surface area (Å²) >= 11 is 0. The second-order valence-corrected chi connectivity index (χ2v) is 6.14. The van der Waals surface area contributed by atoms with Crippen molar-refractivity contribution in [2.75, 3.05) is 6.54 Å². The number of nitrogens with one attached hydrogen (secondary N) is 2. The van der Waals surface area contributed by atoms with Crippen molar-refractivity contribution in [3.63, 3.8) is 0 Å². The summed E-state index contributed by atoms with van der Waals surface area (Å²) in [5.74, 6) is -0.111. The van der Waals surface area contributed by atoms with Gasteiger partial charge in [-0.2, -0.15) is 0 Å². The van der Waals surface area contributed by atoms with E-state index in [2.05, 4.69) is 17.6 Å². The van der Waals surface area contributed by atoms with E-state index in [9.17, 15) is 9.59 Å². The molecule has 120 valence electrons. The van der Waals surface area contributed by atoms with Crippen LogP contribution in [0, 0.1) is 5.92 Å². The highest BCUT2D eigenvalue weighted by molar-refractivity contribution is 5.74. The highest BCUT2D eigenvalue weighted by Gasteiger charge is 2.30. The fourth-order valence-electron chi connectivity index (χ4n) is 3.20. The molecule has 6 nitrogen and oxygen atoms in total. The van der Waals surface area contributed by atoms with Gasteiger partial charge in [0, 0.05) is 12.6 Å². The number of ether oxygens (including phenoxy) is 1. The monoisotopic (exact) mass is 298 g/mol. The van der Waals surface area contributed by atoms with Crippen molar-refractivity contribution in [2.45, 2.75) is 70.1 Å². The van der Waals surface area contributed by atoms with Gasteiger partial charge in [-0.3, -0.25) is 0 Å². The third-order valence-corrected chi connectivity index (χ3v) is 4.63. The molecule has 1 heterocycles. The van der Waals surface area contributed by atoms with Gasteiger partial charge in [-0.1, -0.05) is 13.3 Å². The summed E-state index contributed by atoms with van der Waals surface area (Å²) in [6.45, 7) is 2.59. The second-order valence-electron chi connectivity index (χ2n) is 6.14. The molecule has 2 rings (SSSR count). The maximum Gasteiger partial charge on any atom is 0.332 e.